The van der Waals surface area contributed by atoms with Gasteiger partial charge in [-0.3, -0.25) is 24.6 Å². The molecule has 5 N–H and O–H groups in total. The Morgan fingerprint density at radius 2 is 1.37 bits per heavy atom. The maximum absolute atomic E-state index is 12.6. The van der Waals surface area contributed by atoms with Crippen LogP contribution in [0.2, 0.25) is 0 Å². The van der Waals surface area contributed by atoms with E-state index in [1.165, 1.54) is 0 Å². The monoisotopic (exact) mass is 491 g/mol. The Balaban J connectivity index is 4.17. The van der Waals surface area contributed by atoms with Gasteiger partial charge in [0.1, 0.15) is 6.10 Å². The zero-order valence-electron chi connectivity index (χ0n) is 16.2. The van der Waals surface area contributed by atoms with E-state index in [9.17, 15) is 39.6 Å². The fourth-order valence-corrected chi connectivity index (χ4v) is 3.60. The standard InChI is InChI=1S/C16H20Cl3NO10/c1-6(22)12(26)10(5-21)29-15(9(4)25,30-11(20)16(17,18)19)14(28,8(3)24)13(12,27)7(2)23/h10,20-21,26-28H,5H2,1-4H3/t10-,12-,13+,14-,15?/m1/s1. The molecular weight excluding hydrogens is 473 g/mol. The minimum absolute atomic E-state index is 0.580. The average Bonchev–Trinajstić information content (AvgIpc) is 2.60. The number of rotatable bonds is 6. The Hall–Kier alpha value is -1.18. The molecule has 0 aromatic heterocycles. The summed E-state index contributed by atoms with van der Waals surface area (Å²) in [4.78, 5) is 49.9. The highest BCUT2D eigenvalue weighted by atomic mass is 35.6. The molecule has 1 aliphatic rings. The van der Waals surface area contributed by atoms with Gasteiger partial charge in [0.15, 0.2) is 23.0 Å². The van der Waals surface area contributed by atoms with E-state index >= 15 is 0 Å². The van der Waals surface area contributed by atoms with Gasteiger partial charge in [0.25, 0.3) is 3.79 Å². The number of aliphatic hydroxyl groups excluding tert-OH is 1. The van der Waals surface area contributed by atoms with Gasteiger partial charge >= 0.3 is 5.79 Å². The molecule has 1 unspecified atom stereocenters. The lowest BCUT2D eigenvalue weighted by molar-refractivity contribution is -0.386. The van der Waals surface area contributed by atoms with Crippen LogP contribution in [0.3, 0.4) is 0 Å². The van der Waals surface area contributed by atoms with Crippen LogP contribution in [-0.4, -0.2) is 88.6 Å². The molecule has 0 spiro atoms. The van der Waals surface area contributed by atoms with Crippen molar-refractivity contribution in [1.29, 1.82) is 5.41 Å². The molecule has 14 heteroatoms. The molecule has 11 nitrogen and oxygen atoms in total. The average molecular weight is 493 g/mol. The van der Waals surface area contributed by atoms with Crippen molar-refractivity contribution in [2.45, 2.75) is 60.2 Å². The lowest BCUT2D eigenvalue weighted by Crippen LogP contribution is -2.91. The number of aliphatic hydroxyl groups is 4. The topological polar surface area (TPSA) is 192 Å². The Kier molecular flexibility index (Phi) is 7.22. The number of hydrogen-bond acceptors (Lipinski definition) is 11. The first-order valence-electron chi connectivity index (χ1n) is 8.17. The first kappa shape index (κ1) is 26.9. The molecule has 1 aliphatic heterocycles. The van der Waals surface area contributed by atoms with Crippen LogP contribution in [0.15, 0.2) is 0 Å². The summed E-state index contributed by atoms with van der Waals surface area (Å²) in [5, 5.41) is 50.9. The Bertz CT molecular complexity index is 814. The van der Waals surface area contributed by atoms with Crippen molar-refractivity contribution in [3.63, 3.8) is 0 Å². The SMILES string of the molecule is CC(=O)C1(OC(=N)C(Cl)(Cl)Cl)O[C@H](CO)[C@](O)(C(C)=O)[C@@](O)(C(C)=O)[C@]1(O)C(C)=O. The van der Waals surface area contributed by atoms with Gasteiger partial charge in [-0.25, -0.2) is 0 Å². The van der Waals surface area contributed by atoms with Crippen LogP contribution >= 0.6 is 34.8 Å². The molecule has 0 amide bonds. The second-order valence-electron chi connectivity index (χ2n) is 6.75. The van der Waals surface area contributed by atoms with E-state index in [-0.39, 0.29) is 0 Å². The highest BCUT2D eigenvalue weighted by molar-refractivity contribution is 6.76. The first-order valence-corrected chi connectivity index (χ1v) is 9.30. The van der Waals surface area contributed by atoms with Gasteiger partial charge in [-0.2, -0.15) is 0 Å². The molecule has 170 valence electrons. The van der Waals surface area contributed by atoms with E-state index in [4.69, 9.17) is 49.7 Å². The lowest BCUT2D eigenvalue weighted by Gasteiger charge is -2.60. The van der Waals surface area contributed by atoms with Gasteiger partial charge in [-0.15, -0.1) is 0 Å². The lowest BCUT2D eigenvalue weighted by atomic mass is 9.57. The number of Topliss-reactive ketones (excluding diaryl/α,β-unsaturated/α-hetero) is 4. The van der Waals surface area contributed by atoms with Crippen LogP contribution in [-0.2, 0) is 28.7 Å². The highest BCUT2D eigenvalue weighted by Crippen LogP contribution is 2.52. The van der Waals surface area contributed by atoms with Crippen LogP contribution in [0.25, 0.3) is 0 Å². The Morgan fingerprint density at radius 3 is 1.63 bits per heavy atom. The summed E-state index contributed by atoms with van der Waals surface area (Å²) in [7, 11) is 0. The van der Waals surface area contributed by atoms with Gasteiger partial charge in [0, 0.05) is 6.92 Å². The highest BCUT2D eigenvalue weighted by Gasteiger charge is 2.85. The molecule has 30 heavy (non-hydrogen) atoms. The molecule has 5 atom stereocenters. The van der Waals surface area contributed by atoms with E-state index in [1.807, 2.05) is 0 Å². The fraction of sp³-hybridized carbons (Fsp3) is 0.688. The van der Waals surface area contributed by atoms with E-state index in [1.54, 1.807) is 0 Å². The molecule has 0 aromatic rings. The van der Waals surface area contributed by atoms with Gasteiger partial charge in [-0.05, 0) is 20.8 Å². The zero-order chi connectivity index (χ0) is 24.1. The Morgan fingerprint density at radius 1 is 0.933 bits per heavy atom. The van der Waals surface area contributed by atoms with Gasteiger partial charge in [0.05, 0.1) is 6.61 Å². The smallest absolute Gasteiger partial charge is 0.312 e. The van der Waals surface area contributed by atoms with Gasteiger partial charge in [0.2, 0.25) is 22.9 Å². The number of carbonyl (C=O) groups excluding carboxylic acids is 4. The quantitative estimate of drug-likeness (QED) is 0.174. The molecule has 1 heterocycles. The van der Waals surface area contributed by atoms with Crippen molar-refractivity contribution in [2.24, 2.45) is 0 Å². The zero-order valence-corrected chi connectivity index (χ0v) is 18.4. The Labute approximate surface area is 185 Å². The first-order chi connectivity index (χ1) is 13.3. The molecule has 1 saturated heterocycles. The predicted octanol–water partition coefficient (Wildman–Crippen LogP) is -1.01. The number of alkyl halides is 3. The van der Waals surface area contributed by atoms with Crippen molar-refractivity contribution in [2.75, 3.05) is 6.61 Å². The second kappa shape index (κ2) is 8.06. The summed E-state index contributed by atoms with van der Waals surface area (Å²) < 4.78 is 7.41. The summed E-state index contributed by atoms with van der Waals surface area (Å²) in [5.74, 6) is -10.9. The van der Waals surface area contributed by atoms with E-state index in [2.05, 4.69) is 0 Å². The van der Waals surface area contributed by atoms with Crippen LogP contribution in [0, 0.1) is 5.41 Å². The number of ketones is 4. The largest absolute Gasteiger partial charge is 0.434 e. The minimum atomic E-state index is -3.84. The number of nitrogens with one attached hydrogen (secondary N) is 1. The summed E-state index contributed by atoms with van der Waals surface area (Å²) in [5.41, 5.74) is -11.1. The van der Waals surface area contributed by atoms with E-state index < -0.39 is 68.1 Å². The maximum Gasteiger partial charge on any atom is 0.312 e. The van der Waals surface area contributed by atoms with Crippen LogP contribution in [0.5, 0.6) is 0 Å². The molecule has 1 fully saturated rings. The fourth-order valence-electron chi connectivity index (χ4n) is 3.49. The molecule has 0 bridgehead atoms. The van der Waals surface area contributed by atoms with Crippen molar-refractivity contribution < 1.29 is 49.1 Å². The number of halogens is 3. The summed E-state index contributed by atoms with van der Waals surface area (Å²) in [6.45, 7) is 1.18. The second-order valence-corrected chi connectivity index (χ2v) is 9.03. The number of hydrogen-bond donors (Lipinski definition) is 5. The van der Waals surface area contributed by atoms with Crippen LogP contribution in [0.1, 0.15) is 27.7 Å². The van der Waals surface area contributed by atoms with Crippen molar-refractivity contribution >= 4 is 63.8 Å². The maximum atomic E-state index is 12.6. The predicted molar refractivity (Wildman–Crippen MR) is 101 cm³/mol. The number of ether oxygens (including phenoxy) is 2. The minimum Gasteiger partial charge on any atom is -0.434 e. The third-order valence-corrected chi connectivity index (χ3v) is 5.53. The number of carbonyl (C=O) groups is 4. The van der Waals surface area contributed by atoms with Gasteiger partial charge in [-0.1, -0.05) is 34.8 Å². The van der Waals surface area contributed by atoms with E-state index in [0.717, 1.165) is 0 Å². The molecule has 0 saturated carbocycles. The van der Waals surface area contributed by atoms with Crippen molar-refractivity contribution in [3.05, 3.63) is 0 Å². The van der Waals surface area contributed by atoms with Crippen LogP contribution in [0.4, 0.5) is 0 Å². The third-order valence-electron chi connectivity index (χ3n) is 5.01. The molecule has 0 aromatic carbocycles. The third kappa shape index (κ3) is 3.28. The van der Waals surface area contributed by atoms with Crippen molar-refractivity contribution in [1.82, 2.24) is 0 Å². The molecule has 0 radical (unpaired) electrons. The summed E-state index contributed by atoms with van der Waals surface area (Å²) in [6.07, 6.45) is -2.31. The molecular formula is C16H20Cl3NO10. The molecule has 1 rings (SSSR count). The normalized spacial score (nSPS) is 36.7. The van der Waals surface area contributed by atoms with Gasteiger partial charge < -0.3 is 29.9 Å². The molecule has 0 aliphatic carbocycles. The summed E-state index contributed by atoms with van der Waals surface area (Å²) >= 11 is 16.6. The van der Waals surface area contributed by atoms with Crippen molar-refractivity contribution in [3.8, 4) is 0 Å². The van der Waals surface area contributed by atoms with Crippen LogP contribution < -0.4 is 0 Å². The summed E-state index contributed by atoms with van der Waals surface area (Å²) in [6, 6.07) is 0. The van der Waals surface area contributed by atoms with E-state index in [0.29, 0.717) is 27.7 Å².